The largest absolute Gasteiger partial charge is 0.463 e. The molecule has 0 unspecified atom stereocenters. The molecule has 0 aliphatic heterocycles. The van der Waals surface area contributed by atoms with Crippen LogP contribution in [0.15, 0.2) is 66.7 Å². The van der Waals surface area contributed by atoms with Gasteiger partial charge >= 0.3 is 5.97 Å². The maximum Gasteiger partial charge on any atom is 0.330 e. The summed E-state index contributed by atoms with van der Waals surface area (Å²) >= 11 is 1.63. The third-order valence-corrected chi connectivity index (χ3v) is 4.37. The van der Waals surface area contributed by atoms with Gasteiger partial charge in [0.05, 0.1) is 16.8 Å². The fraction of sp³-hybridized carbons (Fsp3) is 0.100. The molecule has 0 fully saturated rings. The summed E-state index contributed by atoms with van der Waals surface area (Å²) in [5.74, 6) is -0.344. The molecular formula is C20H17NO2S. The van der Waals surface area contributed by atoms with Crippen LogP contribution in [0.3, 0.4) is 0 Å². The van der Waals surface area contributed by atoms with E-state index in [1.807, 2.05) is 54.6 Å². The van der Waals surface area contributed by atoms with Crippen LogP contribution in [0.4, 0.5) is 0 Å². The van der Waals surface area contributed by atoms with E-state index in [4.69, 9.17) is 4.74 Å². The van der Waals surface area contributed by atoms with Crippen molar-refractivity contribution >= 4 is 39.2 Å². The van der Waals surface area contributed by atoms with Crippen molar-refractivity contribution in [2.24, 2.45) is 0 Å². The topological polar surface area (TPSA) is 39.2 Å². The van der Waals surface area contributed by atoms with E-state index < -0.39 is 0 Å². The van der Waals surface area contributed by atoms with Crippen molar-refractivity contribution < 1.29 is 9.53 Å². The Bertz CT molecular complexity index is 861. The third kappa shape index (κ3) is 3.97. The summed E-state index contributed by atoms with van der Waals surface area (Å²) in [6.45, 7) is 2.16. The molecule has 0 N–H and O–H groups in total. The highest BCUT2D eigenvalue weighted by atomic mass is 32.1. The number of rotatable bonds is 5. The monoisotopic (exact) mass is 335 g/mol. The lowest BCUT2D eigenvalue weighted by Crippen LogP contribution is -1.99. The second kappa shape index (κ2) is 7.70. The molecule has 0 radical (unpaired) electrons. The Morgan fingerprint density at radius 3 is 2.58 bits per heavy atom. The molecule has 3 nitrogen and oxygen atoms in total. The first kappa shape index (κ1) is 16.1. The average Bonchev–Trinajstić information content (AvgIpc) is 3.02. The van der Waals surface area contributed by atoms with Gasteiger partial charge in [-0.15, -0.1) is 11.3 Å². The Balaban J connectivity index is 1.98. The van der Waals surface area contributed by atoms with Crippen LogP contribution in [-0.4, -0.2) is 17.6 Å². The van der Waals surface area contributed by atoms with Crippen LogP contribution in [0.2, 0.25) is 0 Å². The highest BCUT2D eigenvalue weighted by Gasteiger charge is 2.04. The molecule has 0 aliphatic rings. The van der Waals surface area contributed by atoms with E-state index in [1.54, 1.807) is 24.3 Å². The van der Waals surface area contributed by atoms with Crippen LogP contribution < -0.4 is 0 Å². The summed E-state index contributed by atoms with van der Waals surface area (Å²) < 4.78 is 6.10. The number of esters is 1. The number of para-hydroxylation sites is 1. The number of nitrogens with zero attached hydrogens (tertiary/aromatic N) is 1. The van der Waals surface area contributed by atoms with Gasteiger partial charge in [0.25, 0.3) is 0 Å². The fourth-order valence-corrected chi connectivity index (χ4v) is 3.21. The van der Waals surface area contributed by atoms with Crippen LogP contribution >= 0.6 is 11.3 Å². The first-order valence-electron chi connectivity index (χ1n) is 7.74. The Morgan fingerprint density at radius 2 is 1.83 bits per heavy atom. The van der Waals surface area contributed by atoms with Crippen molar-refractivity contribution in [2.45, 2.75) is 6.92 Å². The normalized spacial score (nSPS) is 12.0. The lowest BCUT2D eigenvalue weighted by atomic mass is 10.1. The molecule has 0 atom stereocenters. The molecule has 0 amide bonds. The first-order valence-corrected chi connectivity index (χ1v) is 8.55. The predicted molar refractivity (Wildman–Crippen MR) is 99.7 cm³/mol. The van der Waals surface area contributed by atoms with Crippen molar-refractivity contribution in [3.63, 3.8) is 0 Å². The van der Waals surface area contributed by atoms with Gasteiger partial charge in [0, 0.05) is 6.08 Å². The smallest absolute Gasteiger partial charge is 0.330 e. The maximum atomic E-state index is 11.6. The average molecular weight is 335 g/mol. The van der Waals surface area contributed by atoms with Crippen LogP contribution in [0.25, 0.3) is 21.9 Å². The summed E-state index contributed by atoms with van der Waals surface area (Å²) in [5.41, 5.74) is 2.93. The minimum absolute atomic E-state index is 0.344. The zero-order valence-electron chi connectivity index (χ0n) is 13.3. The van der Waals surface area contributed by atoms with Gasteiger partial charge in [0.1, 0.15) is 5.01 Å². The molecule has 0 bridgehead atoms. The quantitative estimate of drug-likeness (QED) is 0.376. The van der Waals surface area contributed by atoms with Gasteiger partial charge < -0.3 is 4.74 Å². The summed E-state index contributed by atoms with van der Waals surface area (Å²) in [6.07, 6.45) is 5.23. The van der Waals surface area contributed by atoms with Crippen molar-refractivity contribution in [3.05, 3.63) is 77.3 Å². The number of aromatic nitrogens is 1. The zero-order chi connectivity index (χ0) is 16.8. The van der Waals surface area contributed by atoms with Crippen LogP contribution in [0, 0.1) is 0 Å². The number of ether oxygens (including phenoxy) is 1. The van der Waals surface area contributed by atoms with Crippen LogP contribution in [-0.2, 0) is 9.53 Å². The van der Waals surface area contributed by atoms with Crippen molar-refractivity contribution in [1.82, 2.24) is 4.98 Å². The van der Waals surface area contributed by atoms with Gasteiger partial charge in [-0.2, -0.15) is 0 Å². The Hall–Kier alpha value is -2.72. The van der Waals surface area contributed by atoms with E-state index in [0.717, 1.165) is 26.4 Å². The Morgan fingerprint density at radius 1 is 1.08 bits per heavy atom. The minimum atomic E-state index is -0.344. The van der Waals surface area contributed by atoms with E-state index in [2.05, 4.69) is 11.1 Å². The number of carbonyl (C=O) groups is 1. The lowest BCUT2D eigenvalue weighted by Gasteiger charge is -2.02. The number of hydrogen-bond acceptors (Lipinski definition) is 4. The fourth-order valence-electron chi connectivity index (χ4n) is 2.29. The molecule has 3 rings (SSSR count). The highest BCUT2D eigenvalue weighted by Crippen LogP contribution is 2.26. The van der Waals surface area contributed by atoms with Crippen LogP contribution in [0.5, 0.6) is 0 Å². The van der Waals surface area contributed by atoms with E-state index in [-0.39, 0.29) is 5.97 Å². The van der Waals surface area contributed by atoms with E-state index >= 15 is 0 Å². The van der Waals surface area contributed by atoms with Gasteiger partial charge in [0.2, 0.25) is 0 Å². The van der Waals surface area contributed by atoms with Crippen LogP contribution in [0.1, 0.15) is 17.5 Å². The van der Waals surface area contributed by atoms with Crippen molar-refractivity contribution in [3.8, 4) is 0 Å². The zero-order valence-corrected chi connectivity index (χ0v) is 14.1. The Kier molecular flexibility index (Phi) is 5.18. The van der Waals surface area contributed by atoms with Gasteiger partial charge in [-0.25, -0.2) is 9.78 Å². The van der Waals surface area contributed by atoms with Gasteiger partial charge in [-0.3, -0.25) is 0 Å². The summed E-state index contributed by atoms with van der Waals surface area (Å²) in [5, 5.41) is 0.906. The summed E-state index contributed by atoms with van der Waals surface area (Å²) in [4.78, 5) is 16.3. The summed E-state index contributed by atoms with van der Waals surface area (Å²) in [7, 11) is 0. The van der Waals surface area contributed by atoms with Crippen molar-refractivity contribution in [1.29, 1.82) is 0 Å². The van der Waals surface area contributed by atoms with Gasteiger partial charge in [-0.05, 0) is 42.3 Å². The predicted octanol–water partition coefficient (Wildman–Crippen LogP) is 4.96. The Labute approximate surface area is 144 Å². The first-order chi connectivity index (χ1) is 11.8. The van der Waals surface area contributed by atoms with E-state index in [9.17, 15) is 4.79 Å². The van der Waals surface area contributed by atoms with E-state index in [1.165, 1.54) is 6.08 Å². The molecular weight excluding hydrogens is 318 g/mol. The maximum absolute atomic E-state index is 11.6. The molecule has 120 valence electrons. The number of benzene rings is 2. The van der Waals surface area contributed by atoms with E-state index in [0.29, 0.717) is 6.61 Å². The molecule has 0 aliphatic carbocycles. The summed E-state index contributed by atoms with van der Waals surface area (Å²) in [6, 6.07) is 18.0. The SMILES string of the molecule is CCOC(=O)/C=C/C(=C/c1nc2ccccc2s1)c1ccccc1. The molecule has 1 aromatic heterocycles. The van der Waals surface area contributed by atoms with Gasteiger partial charge in [-0.1, -0.05) is 42.5 Å². The number of carbonyl (C=O) groups excluding carboxylic acids is 1. The molecule has 0 spiro atoms. The number of hydrogen-bond donors (Lipinski definition) is 0. The minimum Gasteiger partial charge on any atom is -0.463 e. The molecule has 1 heterocycles. The molecule has 4 heteroatoms. The number of fused-ring (bicyclic) bond motifs is 1. The lowest BCUT2D eigenvalue weighted by molar-refractivity contribution is -0.137. The second-order valence-electron chi connectivity index (χ2n) is 5.07. The third-order valence-electron chi connectivity index (χ3n) is 3.38. The molecule has 0 saturated carbocycles. The number of allylic oxidation sites excluding steroid dienone is 2. The second-order valence-corrected chi connectivity index (χ2v) is 6.13. The molecule has 3 aromatic rings. The van der Waals surface area contributed by atoms with Crippen molar-refractivity contribution in [2.75, 3.05) is 6.61 Å². The highest BCUT2D eigenvalue weighted by molar-refractivity contribution is 7.19. The standard InChI is InChI=1S/C20H17NO2S/c1-2-23-20(22)13-12-16(15-8-4-3-5-9-15)14-19-21-17-10-6-7-11-18(17)24-19/h3-14H,2H2,1H3/b13-12+,16-14-. The number of thiazole rings is 1. The molecule has 2 aromatic carbocycles. The van der Waals surface area contributed by atoms with Gasteiger partial charge in [0.15, 0.2) is 0 Å². The molecule has 24 heavy (non-hydrogen) atoms. The molecule has 0 saturated heterocycles.